The highest BCUT2D eigenvalue weighted by molar-refractivity contribution is 7.89. The van der Waals surface area contributed by atoms with Crippen LogP contribution in [0.5, 0.6) is 5.75 Å². The maximum atomic E-state index is 14.0. The van der Waals surface area contributed by atoms with Crippen molar-refractivity contribution in [2.24, 2.45) is 0 Å². The number of sulfonamides is 1. The molecule has 1 aliphatic carbocycles. The lowest BCUT2D eigenvalue weighted by Crippen LogP contribution is -2.62. The smallest absolute Gasteiger partial charge is 0.487 e. The second-order valence-corrected chi connectivity index (χ2v) is 17.8. The largest absolute Gasteiger partial charge is 0.490 e. The average molecular weight is 1060 g/mol. The van der Waals surface area contributed by atoms with Gasteiger partial charge in [-0.2, -0.15) is 44.2 Å². The number of guanidine groups is 1. The van der Waals surface area contributed by atoms with E-state index in [1.165, 1.54) is 12.1 Å². The van der Waals surface area contributed by atoms with Crippen molar-refractivity contribution in [3.63, 3.8) is 0 Å². The van der Waals surface area contributed by atoms with Gasteiger partial charge in [-0.1, -0.05) is 48.2 Å². The Kier molecular flexibility index (Phi) is 21.6. The predicted octanol–water partition coefficient (Wildman–Crippen LogP) is 6.85. The molecule has 0 radical (unpaired) electrons. The van der Waals surface area contributed by atoms with Gasteiger partial charge >= 0.3 is 36.4 Å². The molecule has 3 aromatic rings. The number of para-hydroxylation sites is 1. The van der Waals surface area contributed by atoms with E-state index in [1.54, 1.807) is 11.0 Å². The number of pyridine rings is 1. The Hall–Kier alpha value is -5.38. The van der Waals surface area contributed by atoms with Gasteiger partial charge in [0.1, 0.15) is 28.3 Å². The number of carbonyl (C=O) groups is 4. The number of rotatable bonds is 11. The van der Waals surface area contributed by atoms with E-state index in [4.69, 9.17) is 63.1 Å². The van der Waals surface area contributed by atoms with E-state index < -0.39 is 52.0 Å². The molecule has 1 saturated carbocycles. The van der Waals surface area contributed by atoms with Gasteiger partial charge in [-0.3, -0.25) is 10.2 Å². The van der Waals surface area contributed by atoms with Crippen molar-refractivity contribution in [3.05, 3.63) is 63.3 Å². The molecule has 1 saturated heterocycles. The van der Waals surface area contributed by atoms with Crippen LogP contribution in [0.15, 0.2) is 41.3 Å². The Labute approximate surface area is 399 Å². The fourth-order valence-electron chi connectivity index (χ4n) is 6.54. The lowest BCUT2D eigenvalue weighted by molar-refractivity contribution is -0.193. The molecule has 29 heteroatoms. The van der Waals surface area contributed by atoms with E-state index in [2.05, 4.69) is 19.9 Å². The van der Waals surface area contributed by atoms with Crippen LogP contribution in [0.2, 0.25) is 10.0 Å². The lowest BCUT2D eigenvalue weighted by Gasteiger charge is -2.40. The van der Waals surface area contributed by atoms with Crippen LogP contribution in [0.25, 0.3) is 10.9 Å². The number of nitrogens with zero attached hydrogens (tertiary/aromatic N) is 4. The maximum Gasteiger partial charge on any atom is 0.490 e. The van der Waals surface area contributed by atoms with Crippen LogP contribution < -0.4 is 14.8 Å². The molecule has 5 rings (SSSR count). The molecule has 1 aliphatic heterocycles. The Bertz CT molecular complexity index is 2360. The van der Waals surface area contributed by atoms with E-state index in [9.17, 15) is 52.7 Å². The number of carboxylic acid groups (broad SMARTS) is 3. The SMILES string of the molecule is Cc1cc(C)c2cccc(OCc3c(Cl)ccc(S(=O)(=O)NC4(C(=O)N5CCN(C(=N)NCCCN(C)C)CC5)CCCC4)c3Cl)c2n1.O=C(O)C(F)(F)F.O=C(O)C(F)(F)F.O=C(O)C(F)(F)F. The first kappa shape index (κ1) is 59.7. The number of nitrogens with one attached hydrogen (secondary N) is 3. The van der Waals surface area contributed by atoms with Crippen molar-refractivity contribution in [1.82, 2.24) is 29.7 Å². The number of carbonyl (C=O) groups excluding carboxylic acids is 1. The molecule has 386 valence electrons. The van der Waals surface area contributed by atoms with Crippen LogP contribution in [0.1, 0.15) is 48.9 Å². The number of alkyl halides is 9. The summed E-state index contributed by atoms with van der Waals surface area (Å²) in [5.74, 6) is -7.64. The number of fused-ring (bicyclic) bond motifs is 1. The third-order valence-electron chi connectivity index (χ3n) is 9.83. The highest BCUT2D eigenvalue weighted by atomic mass is 35.5. The Morgan fingerprint density at radius 1 is 0.841 bits per heavy atom. The number of amides is 1. The topological polar surface area (TPSA) is 243 Å². The summed E-state index contributed by atoms with van der Waals surface area (Å²) in [4.78, 5) is 50.9. The monoisotopic (exact) mass is 1060 g/mol. The molecule has 0 bridgehead atoms. The van der Waals surface area contributed by atoms with Gasteiger partial charge in [-0.25, -0.2) is 27.8 Å². The molecule has 0 spiro atoms. The van der Waals surface area contributed by atoms with Gasteiger partial charge in [0.2, 0.25) is 15.9 Å². The van der Waals surface area contributed by atoms with Crippen molar-refractivity contribution in [1.29, 1.82) is 5.41 Å². The van der Waals surface area contributed by atoms with Crippen molar-refractivity contribution in [2.75, 3.05) is 53.4 Å². The quantitative estimate of drug-likeness (QED) is 0.0498. The molecule has 0 atom stereocenters. The van der Waals surface area contributed by atoms with Crippen molar-refractivity contribution >= 4 is 73.9 Å². The summed E-state index contributed by atoms with van der Waals surface area (Å²) in [6.07, 6.45) is -12.1. The zero-order valence-electron chi connectivity index (χ0n) is 37.0. The summed E-state index contributed by atoms with van der Waals surface area (Å²) < 4.78 is 132. The molecule has 6 N–H and O–H groups in total. The summed E-state index contributed by atoms with van der Waals surface area (Å²) in [7, 11) is -0.208. The standard InChI is InChI=1S/C34H45Cl2N7O4S.3C2HF3O2/c1-23-21-24(2)39-31-25(23)9-7-10-28(31)47-22-26-27(35)11-12-29(30(26)36)48(45,46)40-34(13-5-6-14-34)32(44)42-17-19-43(20-18-42)33(37)38-15-8-16-41(3)4;3*3-2(4,5)1(6)7/h7,9-12,21,40H,5-6,8,13-20,22H2,1-4H3,(H2,37,38);3*(H,6,7). The summed E-state index contributed by atoms with van der Waals surface area (Å²) in [5, 5.41) is 34.1. The fraction of sp³-hybridized carbons (Fsp3) is 0.500. The molecule has 0 unspecified atom stereocenters. The number of ether oxygens (including phenoxy) is 1. The number of benzene rings is 2. The van der Waals surface area contributed by atoms with Crippen LogP contribution in [0.4, 0.5) is 39.5 Å². The zero-order valence-corrected chi connectivity index (χ0v) is 39.3. The van der Waals surface area contributed by atoms with Crippen LogP contribution in [-0.2, 0) is 35.8 Å². The number of piperazine rings is 1. The Morgan fingerprint density at radius 2 is 1.33 bits per heavy atom. The van der Waals surface area contributed by atoms with E-state index in [0.29, 0.717) is 68.4 Å². The van der Waals surface area contributed by atoms with Crippen LogP contribution in [-0.4, -0.2) is 151 Å². The summed E-state index contributed by atoms with van der Waals surface area (Å²) >= 11 is 13.3. The minimum Gasteiger partial charge on any atom is -0.487 e. The number of halogens is 11. The van der Waals surface area contributed by atoms with Crippen molar-refractivity contribution in [2.45, 2.75) is 81.5 Å². The Balaban J connectivity index is 0.000000646. The summed E-state index contributed by atoms with van der Waals surface area (Å²) in [5.41, 5.74) is 1.67. The van der Waals surface area contributed by atoms with Crippen LogP contribution in [0.3, 0.4) is 0 Å². The van der Waals surface area contributed by atoms with Gasteiger partial charge in [0.05, 0.1) is 5.02 Å². The summed E-state index contributed by atoms with van der Waals surface area (Å²) in [6.45, 7) is 7.25. The second kappa shape index (κ2) is 25.0. The molecule has 2 fully saturated rings. The number of hydrogen-bond acceptors (Lipinski definition) is 10. The van der Waals surface area contributed by atoms with E-state index in [1.807, 2.05) is 51.0 Å². The molecule has 69 heavy (non-hydrogen) atoms. The Morgan fingerprint density at radius 3 is 1.81 bits per heavy atom. The van der Waals surface area contributed by atoms with Crippen molar-refractivity contribution < 1.29 is 87.2 Å². The van der Waals surface area contributed by atoms with Crippen LogP contribution in [0, 0.1) is 19.3 Å². The normalized spacial score (nSPS) is 14.9. The average Bonchev–Trinajstić information content (AvgIpc) is 3.70. The molecule has 17 nitrogen and oxygen atoms in total. The van der Waals surface area contributed by atoms with Crippen LogP contribution >= 0.6 is 23.2 Å². The predicted molar refractivity (Wildman–Crippen MR) is 232 cm³/mol. The number of hydrogen-bond donors (Lipinski definition) is 6. The second-order valence-electron chi connectivity index (χ2n) is 15.4. The van der Waals surface area contributed by atoms with Gasteiger partial charge in [0.25, 0.3) is 0 Å². The van der Waals surface area contributed by atoms with Gasteiger partial charge in [0, 0.05) is 54.4 Å². The molecular formula is C40H48Cl2F9N7O10S. The molecule has 2 aliphatic rings. The number of aromatic nitrogens is 1. The molecule has 1 amide bonds. The third kappa shape index (κ3) is 18.1. The van der Waals surface area contributed by atoms with E-state index in [-0.39, 0.29) is 27.5 Å². The third-order valence-corrected chi connectivity index (χ3v) is 12.3. The lowest BCUT2D eigenvalue weighted by atomic mass is 9.96. The minimum absolute atomic E-state index is 0.0543. The fourth-order valence-corrected chi connectivity index (χ4v) is 8.84. The number of aliphatic carboxylic acids is 3. The first-order valence-corrected chi connectivity index (χ1v) is 22.3. The maximum absolute atomic E-state index is 14.0. The highest BCUT2D eigenvalue weighted by Crippen LogP contribution is 2.37. The van der Waals surface area contributed by atoms with Gasteiger partial charge in [0.15, 0.2) is 5.96 Å². The number of carboxylic acids is 3. The minimum atomic E-state index is -5.08. The molecular weight excluding hydrogens is 1010 g/mol. The molecule has 2 heterocycles. The van der Waals surface area contributed by atoms with Gasteiger partial charge in [-0.15, -0.1) is 0 Å². The zero-order chi connectivity index (χ0) is 52.9. The van der Waals surface area contributed by atoms with Gasteiger partial charge < -0.3 is 40.1 Å². The molecule has 1 aromatic heterocycles. The van der Waals surface area contributed by atoms with Crippen molar-refractivity contribution in [3.8, 4) is 5.75 Å². The molecule has 2 aromatic carbocycles. The first-order valence-electron chi connectivity index (χ1n) is 20.1. The number of aryl methyl sites for hydroxylation is 2. The van der Waals surface area contributed by atoms with Gasteiger partial charge in [-0.05, 0) is 83.6 Å². The summed E-state index contributed by atoms with van der Waals surface area (Å²) in [6, 6.07) is 10.5. The van der Waals surface area contributed by atoms with E-state index in [0.717, 1.165) is 42.5 Å². The highest BCUT2D eigenvalue weighted by Gasteiger charge is 2.48. The first-order chi connectivity index (χ1) is 31.6. The van der Waals surface area contributed by atoms with E-state index >= 15 is 0 Å².